The fourth-order valence-electron chi connectivity index (χ4n) is 3.58. The molecule has 1 fully saturated rings. The van der Waals surface area contributed by atoms with Gasteiger partial charge >= 0.3 is 5.57 Å². The van der Waals surface area contributed by atoms with Crippen molar-refractivity contribution >= 4 is 29.0 Å². The number of aliphatic hydroxyl groups excluding tert-OH is 2. The van der Waals surface area contributed by atoms with Crippen LogP contribution < -0.4 is 15.0 Å². The van der Waals surface area contributed by atoms with Gasteiger partial charge in [0.2, 0.25) is 0 Å². The lowest BCUT2D eigenvalue weighted by atomic mass is 10.0. The molecule has 1 aliphatic rings. The molecule has 0 saturated carbocycles. The normalized spacial score (nSPS) is 17.7. The van der Waals surface area contributed by atoms with E-state index in [1.807, 2.05) is 6.07 Å². The Kier molecular flexibility index (Phi) is 6.79. The van der Waals surface area contributed by atoms with Crippen LogP contribution >= 0.6 is 11.6 Å². The van der Waals surface area contributed by atoms with Crippen LogP contribution in [-0.4, -0.2) is 57.0 Å². The number of nitrogens with zero attached hydrogens (tertiary/aromatic N) is 4. The van der Waals surface area contributed by atoms with E-state index in [2.05, 4.69) is 20.0 Å². The Morgan fingerprint density at radius 1 is 1.17 bits per heavy atom. The third kappa shape index (κ3) is 5.81. The van der Waals surface area contributed by atoms with Gasteiger partial charge < -0.3 is 25.2 Å². The van der Waals surface area contributed by atoms with Crippen molar-refractivity contribution in [1.29, 1.82) is 5.26 Å². The number of nitriles is 1. The fraction of sp³-hybridized carbons (Fsp3) is 0.217. The van der Waals surface area contributed by atoms with Crippen LogP contribution in [0.15, 0.2) is 55.0 Å². The maximum atomic E-state index is 12.9. The van der Waals surface area contributed by atoms with Gasteiger partial charge in [0.25, 0.3) is 5.91 Å². The largest absolute Gasteiger partial charge is 0.487 e. The van der Waals surface area contributed by atoms with E-state index < -0.39 is 23.7 Å². The Balaban J connectivity index is 1.63. The SMILES string of the molecule is N#Cc1cncc(-c2cc(C(=O)Nc3ccc(OC(F)(F)Cl)cc3)cnc2N2C[C@H](O)[C@@H](O)C2)c1. The smallest absolute Gasteiger partial charge is 0.420 e. The van der Waals surface area contributed by atoms with Gasteiger partial charge in [-0.1, -0.05) is 0 Å². The van der Waals surface area contributed by atoms with Crippen molar-refractivity contribution < 1.29 is 28.5 Å². The highest BCUT2D eigenvalue weighted by Crippen LogP contribution is 2.32. The summed E-state index contributed by atoms with van der Waals surface area (Å²) >= 11 is 4.75. The van der Waals surface area contributed by atoms with Gasteiger partial charge in [-0.3, -0.25) is 9.78 Å². The fourth-order valence-corrected chi connectivity index (χ4v) is 3.67. The van der Waals surface area contributed by atoms with Crippen LogP contribution in [0.4, 0.5) is 20.3 Å². The van der Waals surface area contributed by atoms with Gasteiger partial charge in [-0.15, -0.1) is 8.78 Å². The molecule has 0 bridgehead atoms. The Hall–Kier alpha value is -3.85. The molecular weight excluding hydrogens is 484 g/mol. The highest BCUT2D eigenvalue weighted by Gasteiger charge is 2.32. The number of hydrogen-bond acceptors (Lipinski definition) is 8. The van der Waals surface area contributed by atoms with E-state index in [-0.39, 0.29) is 24.4 Å². The number of halogens is 3. The molecule has 1 amide bonds. The first-order valence-corrected chi connectivity index (χ1v) is 10.6. The summed E-state index contributed by atoms with van der Waals surface area (Å²) in [6.07, 6.45) is 2.32. The van der Waals surface area contributed by atoms with E-state index in [4.69, 9.17) is 11.6 Å². The molecule has 2 atom stereocenters. The molecule has 3 heterocycles. The second-order valence-electron chi connectivity index (χ2n) is 7.74. The number of nitrogens with one attached hydrogen (secondary N) is 1. The third-order valence-electron chi connectivity index (χ3n) is 5.21. The number of alkyl halides is 3. The molecule has 4 rings (SSSR count). The Morgan fingerprint density at radius 3 is 2.49 bits per heavy atom. The van der Waals surface area contributed by atoms with Crippen molar-refractivity contribution in [3.8, 4) is 22.9 Å². The molecular formula is C23H18ClF2N5O4. The van der Waals surface area contributed by atoms with Crippen molar-refractivity contribution in [2.24, 2.45) is 0 Å². The first-order chi connectivity index (χ1) is 16.6. The van der Waals surface area contributed by atoms with Crippen LogP contribution in [0.2, 0.25) is 0 Å². The Morgan fingerprint density at radius 2 is 1.86 bits per heavy atom. The molecule has 2 aromatic heterocycles. The zero-order chi connectivity index (χ0) is 25.2. The van der Waals surface area contributed by atoms with Crippen molar-refractivity contribution in [2.45, 2.75) is 17.8 Å². The van der Waals surface area contributed by atoms with Gasteiger partial charge in [-0.25, -0.2) is 4.98 Å². The van der Waals surface area contributed by atoms with Gasteiger partial charge in [-0.05, 0) is 36.4 Å². The minimum atomic E-state index is -3.85. The number of carbonyl (C=O) groups is 1. The molecule has 1 aromatic carbocycles. The molecule has 3 aromatic rings. The molecule has 35 heavy (non-hydrogen) atoms. The molecule has 1 saturated heterocycles. The van der Waals surface area contributed by atoms with Crippen LogP contribution in [0, 0.1) is 11.3 Å². The van der Waals surface area contributed by atoms with Crippen LogP contribution in [-0.2, 0) is 0 Å². The summed E-state index contributed by atoms with van der Waals surface area (Å²) < 4.78 is 29.8. The molecule has 1 aliphatic heterocycles. The van der Waals surface area contributed by atoms with Gasteiger partial charge in [0.05, 0.1) is 23.3 Å². The number of carbonyl (C=O) groups excluding carboxylic acids is 1. The van der Waals surface area contributed by atoms with Crippen molar-refractivity contribution in [3.63, 3.8) is 0 Å². The average molecular weight is 502 g/mol. The second kappa shape index (κ2) is 9.79. The molecule has 9 nitrogen and oxygen atoms in total. The quantitative estimate of drug-likeness (QED) is 0.439. The number of hydrogen-bond donors (Lipinski definition) is 3. The second-order valence-corrected chi connectivity index (χ2v) is 8.18. The first-order valence-electron chi connectivity index (χ1n) is 10.3. The van der Waals surface area contributed by atoms with E-state index in [0.29, 0.717) is 28.2 Å². The lowest BCUT2D eigenvalue weighted by Crippen LogP contribution is -2.23. The summed E-state index contributed by atoms with van der Waals surface area (Å²) in [5, 5.41) is 31.8. The summed E-state index contributed by atoms with van der Waals surface area (Å²) in [4.78, 5) is 23.0. The molecule has 180 valence electrons. The van der Waals surface area contributed by atoms with Crippen LogP contribution in [0.25, 0.3) is 11.1 Å². The molecule has 0 spiro atoms. The van der Waals surface area contributed by atoms with Crippen LogP contribution in [0.5, 0.6) is 5.75 Å². The van der Waals surface area contributed by atoms with Gasteiger partial charge in [-0.2, -0.15) is 5.26 Å². The minimum Gasteiger partial charge on any atom is -0.420 e. The zero-order valence-corrected chi connectivity index (χ0v) is 18.7. The minimum absolute atomic E-state index is 0.133. The number of amides is 1. The molecule has 3 N–H and O–H groups in total. The maximum Gasteiger partial charge on any atom is 0.487 e. The number of rotatable bonds is 6. The monoisotopic (exact) mass is 501 g/mol. The van der Waals surface area contributed by atoms with Crippen LogP contribution in [0.3, 0.4) is 0 Å². The summed E-state index contributed by atoms with van der Waals surface area (Å²) in [7, 11) is 0. The summed E-state index contributed by atoms with van der Waals surface area (Å²) in [5.74, 6) is -0.318. The topological polar surface area (TPSA) is 132 Å². The first kappa shape index (κ1) is 24.3. The lowest BCUT2D eigenvalue weighted by molar-refractivity contribution is -0.0964. The van der Waals surface area contributed by atoms with Gasteiger partial charge in [0.1, 0.15) is 17.6 Å². The Bertz CT molecular complexity index is 1270. The number of aromatic nitrogens is 2. The van der Waals surface area contributed by atoms with Gasteiger partial charge in [0, 0.05) is 60.1 Å². The van der Waals surface area contributed by atoms with Crippen molar-refractivity contribution in [3.05, 3.63) is 66.1 Å². The summed E-state index contributed by atoms with van der Waals surface area (Å²) in [6.45, 7) is 0.266. The number of aliphatic hydroxyl groups is 2. The molecule has 0 unspecified atom stereocenters. The third-order valence-corrected chi connectivity index (χ3v) is 5.29. The Labute approximate surface area is 203 Å². The predicted octanol–water partition coefficient (Wildman–Crippen LogP) is 2.98. The highest BCUT2D eigenvalue weighted by atomic mass is 35.5. The summed E-state index contributed by atoms with van der Waals surface area (Å²) in [6, 6.07) is 10.3. The van der Waals surface area contributed by atoms with Gasteiger partial charge in [0.15, 0.2) is 0 Å². The number of benzene rings is 1. The van der Waals surface area contributed by atoms with Crippen LogP contribution in [0.1, 0.15) is 15.9 Å². The van der Waals surface area contributed by atoms with E-state index in [9.17, 15) is 29.1 Å². The van der Waals surface area contributed by atoms with E-state index in [0.717, 1.165) is 0 Å². The number of β-amino-alcohol motifs (C(OH)–C–C–N with tert-alkyl or cyclic N) is 2. The molecule has 0 radical (unpaired) electrons. The number of ether oxygens (including phenoxy) is 1. The van der Waals surface area contributed by atoms with Crippen molar-refractivity contribution in [1.82, 2.24) is 9.97 Å². The van der Waals surface area contributed by atoms with E-state index in [1.165, 1.54) is 42.9 Å². The number of pyridine rings is 2. The zero-order valence-electron chi connectivity index (χ0n) is 17.9. The number of anilines is 2. The molecule has 12 heteroatoms. The van der Waals surface area contributed by atoms with Crippen molar-refractivity contribution in [2.75, 3.05) is 23.3 Å². The average Bonchev–Trinajstić information content (AvgIpc) is 3.17. The predicted molar refractivity (Wildman–Crippen MR) is 122 cm³/mol. The maximum absolute atomic E-state index is 12.9. The highest BCUT2D eigenvalue weighted by molar-refractivity contribution is 6.20. The van der Waals surface area contributed by atoms with E-state index in [1.54, 1.807) is 17.0 Å². The van der Waals surface area contributed by atoms with E-state index >= 15 is 0 Å². The summed E-state index contributed by atoms with van der Waals surface area (Å²) in [5.41, 5.74) is -2.09. The lowest BCUT2D eigenvalue weighted by Gasteiger charge is -2.21. The standard InChI is InChI=1S/C23H18ClF2N5O4/c24-23(25,26)35-17-3-1-16(2-4-17)30-22(34)15-6-18(14-5-13(7-27)8-28-9-14)21(29-10-15)31-11-19(32)20(33)12-31/h1-6,8-10,19-20,32-33H,11-12H2,(H,30,34)/t19-,20-/m0/s1. The molecule has 0 aliphatic carbocycles.